The molecular formula is C37H53N5O12. The predicted octanol–water partition coefficient (Wildman–Crippen LogP) is 2.81. The number of hydrogen-bond acceptors (Lipinski definition) is 12. The summed E-state index contributed by atoms with van der Waals surface area (Å²) in [5.41, 5.74) is 6.13. The summed E-state index contributed by atoms with van der Waals surface area (Å²) < 4.78 is 11.1. The first-order chi connectivity index (χ1) is 25.6. The molecule has 1 fully saturated rings. The summed E-state index contributed by atoms with van der Waals surface area (Å²) >= 11 is 0. The molecule has 6 amide bonds. The number of benzene rings is 1. The number of imide groups is 1. The Morgan fingerprint density at radius 3 is 2.17 bits per heavy atom. The summed E-state index contributed by atoms with van der Waals surface area (Å²) in [4.78, 5) is 114. The van der Waals surface area contributed by atoms with Crippen molar-refractivity contribution in [2.24, 2.45) is 17.6 Å². The molecule has 0 radical (unpaired) electrons. The van der Waals surface area contributed by atoms with Gasteiger partial charge in [-0.15, -0.1) is 5.06 Å². The molecule has 1 aliphatic heterocycles. The number of primary amides is 1. The van der Waals surface area contributed by atoms with Crippen molar-refractivity contribution in [2.45, 2.75) is 110 Å². The van der Waals surface area contributed by atoms with Gasteiger partial charge in [-0.1, -0.05) is 26.3 Å². The van der Waals surface area contributed by atoms with Gasteiger partial charge in [0.2, 0.25) is 11.8 Å². The number of Topliss-reactive ketones (excluding diaryl/α,β-unsaturated/α-hetero) is 3. The number of urea groups is 1. The molecule has 1 saturated heterocycles. The third kappa shape index (κ3) is 16.7. The summed E-state index contributed by atoms with van der Waals surface area (Å²) in [5.74, 6) is -4.19. The molecule has 0 aromatic heterocycles. The van der Waals surface area contributed by atoms with Crippen molar-refractivity contribution in [3.8, 4) is 5.75 Å². The second-order valence-electron chi connectivity index (χ2n) is 13.4. The first-order valence-corrected chi connectivity index (χ1v) is 18.1. The highest BCUT2D eigenvalue weighted by Gasteiger charge is 2.33. The van der Waals surface area contributed by atoms with E-state index in [1.54, 1.807) is 32.0 Å². The Bertz CT molecular complexity index is 1510. The molecule has 17 nitrogen and oxygen atoms in total. The summed E-state index contributed by atoms with van der Waals surface area (Å²) in [6.45, 7) is 5.02. The third-order valence-electron chi connectivity index (χ3n) is 8.46. The number of ketones is 3. The second-order valence-corrected chi connectivity index (χ2v) is 13.4. The lowest BCUT2D eigenvalue weighted by molar-refractivity contribution is -0.197. The van der Waals surface area contributed by atoms with Gasteiger partial charge in [-0.2, -0.15) is 0 Å². The molecule has 5 N–H and O–H groups in total. The van der Waals surface area contributed by atoms with E-state index in [1.165, 1.54) is 14.0 Å². The fraction of sp³-hybridized carbons (Fsp3) is 0.595. The van der Waals surface area contributed by atoms with Gasteiger partial charge in [0, 0.05) is 82.3 Å². The number of hydroxylamine groups is 2. The van der Waals surface area contributed by atoms with Crippen molar-refractivity contribution < 1.29 is 57.5 Å². The van der Waals surface area contributed by atoms with Gasteiger partial charge < -0.3 is 36.0 Å². The van der Waals surface area contributed by atoms with Crippen molar-refractivity contribution in [1.82, 2.24) is 15.7 Å². The molecule has 0 unspecified atom stereocenters. The van der Waals surface area contributed by atoms with Crippen LogP contribution < -0.4 is 26.4 Å². The molecule has 1 aromatic carbocycles. The molecule has 1 aromatic rings. The molecule has 0 saturated carbocycles. The van der Waals surface area contributed by atoms with Crippen LogP contribution in [0.4, 0.5) is 10.5 Å². The Labute approximate surface area is 314 Å². The molecule has 2 atom stereocenters. The van der Waals surface area contributed by atoms with E-state index >= 15 is 0 Å². The minimum Gasteiger partial charge on any atom is -0.485 e. The summed E-state index contributed by atoms with van der Waals surface area (Å²) in [6, 6.07) is 3.40. The van der Waals surface area contributed by atoms with Crippen LogP contribution in [-0.2, 0) is 54.5 Å². The van der Waals surface area contributed by atoms with E-state index in [9.17, 15) is 43.2 Å². The minimum atomic E-state index is -0.832. The molecule has 298 valence electrons. The Morgan fingerprint density at radius 1 is 0.889 bits per heavy atom. The van der Waals surface area contributed by atoms with Gasteiger partial charge in [-0.3, -0.25) is 33.6 Å². The van der Waals surface area contributed by atoms with Crippen molar-refractivity contribution in [2.75, 3.05) is 25.6 Å². The van der Waals surface area contributed by atoms with E-state index in [-0.39, 0.29) is 100 Å². The van der Waals surface area contributed by atoms with Gasteiger partial charge in [0.05, 0.1) is 19.1 Å². The molecule has 2 rings (SSSR count). The number of anilines is 1. The first-order valence-electron chi connectivity index (χ1n) is 18.1. The Balaban J connectivity index is 1.90. The average Bonchev–Trinajstić information content (AvgIpc) is 3.42. The van der Waals surface area contributed by atoms with Gasteiger partial charge in [-0.25, -0.2) is 9.59 Å². The Kier molecular flexibility index (Phi) is 19.5. The molecule has 1 heterocycles. The molecule has 1 aliphatic rings. The topological polar surface area (TPSA) is 247 Å². The van der Waals surface area contributed by atoms with E-state index in [0.29, 0.717) is 47.7 Å². The molecule has 0 spiro atoms. The number of unbranched alkanes of at least 4 members (excludes halogenated alkanes) is 2. The van der Waals surface area contributed by atoms with Crippen LogP contribution in [0.5, 0.6) is 5.75 Å². The quantitative estimate of drug-likeness (QED) is 0.0787. The van der Waals surface area contributed by atoms with Crippen LogP contribution in [0, 0.1) is 11.8 Å². The highest BCUT2D eigenvalue weighted by Crippen LogP contribution is 2.26. The predicted molar refractivity (Wildman–Crippen MR) is 193 cm³/mol. The number of nitrogens with zero attached hydrogens (tertiary/aromatic N) is 1. The lowest BCUT2D eigenvalue weighted by Crippen LogP contribution is -2.44. The van der Waals surface area contributed by atoms with Crippen LogP contribution in [0.15, 0.2) is 18.2 Å². The summed E-state index contributed by atoms with van der Waals surface area (Å²) in [6.07, 6.45) is 2.08. The maximum Gasteiger partial charge on any atom is 0.333 e. The maximum absolute atomic E-state index is 13.5. The second kappa shape index (κ2) is 23.5. The number of rotatable bonds is 26. The van der Waals surface area contributed by atoms with E-state index in [2.05, 4.69) is 16.0 Å². The standard InChI is InChI=1S/C37H53N5O12/c1-23(2)35(40-24(3)43)30(46)19-25(9-8-18-39-37(38)51)36(50)41-27-13-12-26(21-52-4)31(20-27)53-22-29(45)11-7-5-6-10-28(44)14-17-34(49)54-42-32(47)15-16-33(42)48/h12-13,20,23,25,35H,5-11,14-19,21-22H2,1-4H3,(H,40,43)(H,41,50)(H3,38,39,51)/t25-,35+/m1/s1. The maximum atomic E-state index is 13.5. The normalized spacial score (nSPS) is 13.6. The molecule has 54 heavy (non-hydrogen) atoms. The molecular weight excluding hydrogens is 706 g/mol. The van der Waals surface area contributed by atoms with E-state index < -0.39 is 41.7 Å². The SMILES string of the molecule is COCc1ccc(NC(=O)[C@H](CCCNC(N)=O)CC(=O)[C@@H](NC(C)=O)C(C)C)cc1OCC(=O)CCCCCC(=O)CCC(=O)ON1C(=O)CCC1=O. The average molecular weight is 760 g/mol. The fourth-order valence-electron chi connectivity index (χ4n) is 5.60. The molecule has 17 heteroatoms. The highest BCUT2D eigenvalue weighted by molar-refractivity contribution is 6.01. The number of nitrogens with one attached hydrogen (secondary N) is 3. The highest BCUT2D eigenvalue weighted by atomic mass is 16.7. The summed E-state index contributed by atoms with van der Waals surface area (Å²) in [5, 5.41) is 8.38. The third-order valence-corrected chi connectivity index (χ3v) is 8.46. The number of carbonyl (C=O) groups excluding carboxylic acids is 9. The smallest absolute Gasteiger partial charge is 0.333 e. The Morgan fingerprint density at radius 2 is 1.56 bits per heavy atom. The minimum absolute atomic E-state index is 0.0156. The zero-order chi connectivity index (χ0) is 40.2. The van der Waals surface area contributed by atoms with Crippen molar-refractivity contribution in [1.29, 1.82) is 0 Å². The van der Waals surface area contributed by atoms with Crippen LogP contribution >= 0.6 is 0 Å². The van der Waals surface area contributed by atoms with Crippen molar-refractivity contribution >= 4 is 58.7 Å². The van der Waals surface area contributed by atoms with Crippen molar-refractivity contribution in [3.63, 3.8) is 0 Å². The van der Waals surface area contributed by atoms with E-state index in [1.807, 2.05) is 0 Å². The Hall–Kier alpha value is -5.19. The number of amides is 6. The first kappa shape index (κ1) is 45.0. The van der Waals surface area contributed by atoms with E-state index in [0.717, 1.165) is 0 Å². The zero-order valence-corrected chi connectivity index (χ0v) is 31.5. The van der Waals surface area contributed by atoms with Crippen LogP contribution in [0.25, 0.3) is 0 Å². The number of hydrogen-bond donors (Lipinski definition) is 4. The van der Waals surface area contributed by atoms with Crippen LogP contribution in [-0.4, -0.2) is 84.3 Å². The number of methoxy groups -OCH3 is 1. The number of nitrogens with two attached hydrogens (primary N) is 1. The number of ether oxygens (including phenoxy) is 2. The fourth-order valence-corrected chi connectivity index (χ4v) is 5.60. The van der Waals surface area contributed by atoms with Gasteiger partial charge in [0.15, 0.2) is 11.6 Å². The lowest BCUT2D eigenvalue weighted by atomic mass is 9.89. The monoisotopic (exact) mass is 759 g/mol. The van der Waals surface area contributed by atoms with Gasteiger partial charge in [-0.05, 0) is 37.7 Å². The van der Waals surface area contributed by atoms with E-state index in [4.69, 9.17) is 20.0 Å². The van der Waals surface area contributed by atoms with Gasteiger partial charge >= 0.3 is 12.0 Å². The number of carbonyl (C=O) groups is 9. The largest absolute Gasteiger partial charge is 0.485 e. The molecule has 0 bridgehead atoms. The van der Waals surface area contributed by atoms with Crippen LogP contribution in [0.2, 0.25) is 0 Å². The lowest BCUT2D eigenvalue weighted by Gasteiger charge is -2.23. The van der Waals surface area contributed by atoms with Gasteiger partial charge in [0.25, 0.3) is 11.8 Å². The summed E-state index contributed by atoms with van der Waals surface area (Å²) in [7, 11) is 1.50. The van der Waals surface area contributed by atoms with Gasteiger partial charge in [0.1, 0.15) is 18.1 Å². The van der Waals surface area contributed by atoms with Crippen LogP contribution in [0.1, 0.15) is 103 Å². The zero-order valence-electron chi connectivity index (χ0n) is 31.5. The van der Waals surface area contributed by atoms with Crippen LogP contribution in [0.3, 0.4) is 0 Å². The van der Waals surface area contributed by atoms with Crippen molar-refractivity contribution in [3.05, 3.63) is 23.8 Å². The molecule has 0 aliphatic carbocycles.